The van der Waals surface area contributed by atoms with Gasteiger partial charge in [-0.2, -0.15) is 0 Å². The van der Waals surface area contributed by atoms with Gasteiger partial charge in [-0.25, -0.2) is 9.97 Å². The highest BCUT2D eigenvalue weighted by molar-refractivity contribution is 5.40. The summed E-state index contributed by atoms with van der Waals surface area (Å²) in [4.78, 5) is 14.1. The molecule has 0 saturated carbocycles. The molecule has 0 spiro atoms. The van der Waals surface area contributed by atoms with Crippen LogP contribution in [0, 0.1) is 6.92 Å². The summed E-state index contributed by atoms with van der Waals surface area (Å²) in [5.74, 6) is 1.98. The highest BCUT2D eigenvalue weighted by Crippen LogP contribution is 2.16. The third kappa shape index (κ3) is 4.93. The topological polar surface area (TPSA) is 58.3 Å². The average Bonchev–Trinajstić information content (AvgIpc) is 2.72. The molecule has 0 aromatic carbocycles. The lowest BCUT2D eigenvalue weighted by molar-refractivity contribution is 0.288. The quantitative estimate of drug-likeness (QED) is 0.807. The van der Waals surface area contributed by atoms with Crippen LogP contribution < -0.4 is 10.6 Å². The van der Waals surface area contributed by atoms with Crippen LogP contribution in [0.5, 0.6) is 0 Å². The number of anilines is 1. The van der Waals surface area contributed by atoms with Crippen LogP contribution in [0.3, 0.4) is 0 Å². The molecular weight excluding hydrogens is 262 g/mol. The molecule has 1 aromatic rings. The van der Waals surface area contributed by atoms with E-state index in [0.717, 1.165) is 56.4 Å². The molecule has 0 amide bonds. The molecule has 2 rings (SSSR count). The summed E-state index contributed by atoms with van der Waals surface area (Å²) in [6.45, 7) is 10.6. The predicted molar refractivity (Wildman–Crippen MR) is 87.7 cm³/mol. The zero-order valence-electron chi connectivity index (χ0n) is 13.5. The number of hydrogen-bond donors (Lipinski definition) is 1. The van der Waals surface area contributed by atoms with Gasteiger partial charge in [0.05, 0.1) is 0 Å². The molecule has 1 aromatic heterocycles. The fourth-order valence-electron chi connectivity index (χ4n) is 2.86. The molecule has 2 N–H and O–H groups in total. The second-order valence-electron chi connectivity index (χ2n) is 5.80. The van der Waals surface area contributed by atoms with Crippen molar-refractivity contribution < 1.29 is 0 Å². The Hall–Kier alpha value is -1.20. The predicted octanol–water partition coefficient (Wildman–Crippen LogP) is 1.60. The van der Waals surface area contributed by atoms with E-state index in [1.807, 2.05) is 6.92 Å². The van der Waals surface area contributed by atoms with Crippen molar-refractivity contribution in [3.05, 3.63) is 17.6 Å². The molecule has 21 heavy (non-hydrogen) atoms. The minimum atomic E-state index is 0.806. The van der Waals surface area contributed by atoms with Gasteiger partial charge in [0, 0.05) is 31.4 Å². The minimum Gasteiger partial charge on any atom is -0.355 e. The molecule has 2 heterocycles. The summed E-state index contributed by atoms with van der Waals surface area (Å²) in [5, 5.41) is 0. The number of unbranched alkanes of at least 4 members (excludes halogenated alkanes) is 1. The fourth-order valence-corrected chi connectivity index (χ4v) is 2.86. The van der Waals surface area contributed by atoms with E-state index < -0.39 is 0 Å². The maximum atomic E-state index is 5.57. The maximum Gasteiger partial charge on any atom is 0.132 e. The molecular formula is C16H29N5. The lowest BCUT2D eigenvalue weighted by atomic mass is 10.3. The zero-order valence-corrected chi connectivity index (χ0v) is 13.5. The van der Waals surface area contributed by atoms with Crippen LogP contribution in [0.1, 0.15) is 37.7 Å². The first-order valence-corrected chi connectivity index (χ1v) is 8.25. The Morgan fingerprint density at radius 2 is 2.00 bits per heavy atom. The number of nitrogens with two attached hydrogens (primary N) is 1. The van der Waals surface area contributed by atoms with E-state index in [0.29, 0.717) is 0 Å². The first-order chi connectivity index (χ1) is 10.2. The smallest absolute Gasteiger partial charge is 0.132 e. The van der Waals surface area contributed by atoms with E-state index in [-0.39, 0.29) is 0 Å². The van der Waals surface area contributed by atoms with Gasteiger partial charge in [0.1, 0.15) is 11.6 Å². The van der Waals surface area contributed by atoms with E-state index in [9.17, 15) is 0 Å². The summed E-state index contributed by atoms with van der Waals surface area (Å²) in [6, 6.07) is 2.15. The molecule has 0 unspecified atom stereocenters. The van der Waals surface area contributed by atoms with Crippen LogP contribution in [0.4, 0.5) is 5.82 Å². The van der Waals surface area contributed by atoms with Crippen molar-refractivity contribution in [1.29, 1.82) is 0 Å². The molecule has 0 atom stereocenters. The van der Waals surface area contributed by atoms with Crippen molar-refractivity contribution >= 4 is 5.82 Å². The monoisotopic (exact) mass is 291 g/mol. The van der Waals surface area contributed by atoms with Crippen molar-refractivity contribution in [2.24, 2.45) is 5.73 Å². The third-order valence-corrected chi connectivity index (χ3v) is 4.08. The normalized spacial score (nSPS) is 17.0. The van der Waals surface area contributed by atoms with Crippen LogP contribution in [0.25, 0.3) is 0 Å². The zero-order chi connectivity index (χ0) is 15.1. The second kappa shape index (κ2) is 8.29. The summed E-state index contributed by atoms with van der Waals surface area (Å²) in [6.07, 6.45) is 4.51. The van der Waals surface area contributed by atoms with Crippen molar-refractivity contribution in [1.82, 2.24) is 14.9 Å². The van der Waals surface area contributed by atoms with E-state index in [1.165, 1.54) is 25.9 Å². The highest BCUT2D eigenvalue weighted by Gasteiger charge is 2.16. The van der Waals surface area contributed by atoms with Gasteiger partial charge in [-0.1, -0.05) is 6.92 Å². The maximum absolute atomic E-state index is 5.57. The number of nitrogens with zero attached hydrogens (tertiary/aromatic N) is 4. The van der Waals surface area contributed by atoms with E-state index in [2.05, 4.69) is 32.8 Å². The van der Waals surface area contributed by atoms with Gasteiger partial charge < -0.3 is 15.5 Å². The highest BCUT2D eigenvalue weighted by atomic mass is 15.2. The van der Waals surface area contributed by atoms with Crippen LogP contribution in [0.2, 0.25) is 0 Å². The Kier molecular flexibility index (Phi) is 6.39. The van der Waals surface area contributed by atoms with Crippen molar-refractivity contribution in [2.75, 3.05) is 44.2 Å². The molecule has 5 nitrogen and oxygen atoms in total. The number of aromatic nitrogens is 2. The summed E-state index contributed by atoms with van der Waals surface area (Å²) in [7, 11) is 0. The Morgan fingerprint density at radius 1 is 1.14 bits per heavy atom. The fraction of sp³-hybridized carbons (Fsp3) is 0.750. The van der Waals surface area contributed by atoms with Crippen LogP contribution in [0.15, 0.2) is 6.07 Å². The molecule has 1 aliphatic rings. The minimum absolute atomic E-state index is 0.806. The standard InChI is InChI=1S/C16H29N5/c1-3-15-13-16(19-14(2)18-15)21-10-6-9-20(11-12-21)8-5-4-7-17/h13H,3-12,17H2,1-2H3. The van der Waals surface area contributed by atoms with Gasteiger partial charge in [-0.3, -0.25) is 0 Å². The first-order valence-electron chi connectivity index (χ1n) is 8.25. The van der Waals surface area contributed by atoms with Crippen LogP contribution in [-0.2, 0) is 6.42 Å². The molecule has 0 radical (unpaired) electrons. The van der Waals surface area contributed by atoms with Crippen molar-refractivity contribution in [3.8, 4) is 0 Å². The third-order valence-electron chi connectivity index (χ3n) is 4.08. The summed E-state index contributed by atoms with van der Waals surface area (Å²) in [5.41, 5.74) is 6.71. The number of rotatable bonds is 6. The van der Waals surface area contributed by atoms with Gasteiger partial charge in [-0.05, 0) is 52.2 Å². The molecule has 1 saturated heterocycles. The average molecular weight is 291 g/mol. The van der Waals surface area contributed by atoms with Gasteiger partial charge in [0.2, 0.25) is 0 Å². The Bertz CT molecular complexity index is 435. The number of aryl methyl sites for hydroxylation is 2. The molecule has 0 bridgehead atoms. The lowest BCUT2D eigenvalue weighted by Gasteiger charge is -2.23. The summed E-state index contributed by atoms with van der Waals surface area (Å²) >= 11 is 0. The Balaban J connectivity index is 1.94. The molecule has 5 heteroatoms. The van der Waals surface area contributed by atoms with Crippen molar-refractivity contribution in [3.63, 3.8) is 0 Å². The molecule has 118 valence electrons. The van der Waals surface area contributed by atoms with E-state index in [1.54, 1.807) is 0 Å². The number of hydrogen-bond acceptors (Lipinski definition) is 5. The SMILES string of the molecule is CCc1cc(N2CCCN(CCCCN)CC2)nc(C)n1. The summed E-state index contributed by atoms with van der Waals surface area (Å²) < 4.78 is 0. The van der Waals surface area contributed by atoms with E-state index in [4.69, 9.17) is 5.73 Å². The van der Waals surface area contributed by atoms with Gasteiger partial charge in [-0.15, -0.1) is 0 Å². The lowest BCUT2D eigenvalue weighted by Crippen LogP contribution is -2.32. The Morgan fingerprint density at radius 3 is 2.76 bits per heavy atom. The second-order valence-corrected chi connectivity index (χ2v) is 5.80. The van der Waals surface area contributed by atoms with Crippen LogP contribution in [-0.4, -0.2) is 54.1 Å². The largest absolute Gasteiger partial charge is 0.355 e. The Labute approximate surface area is 128 Å². The van der Waals surface area contributed by atoms with Crippen molar-refractivity contribution in [2.45, 2.75) is 39.5 Å². The van der Waals surface area contributed by atoms with Crippen LogP contribution >= 0.6 is 0 Å². The van der Waals surface area contributed by atoms with Gasteiger partial charge in [0.25, 0.3) is 0 Å². The first kappa shape index (κ1) is 16.2. The van der Waals surface area contributed by atoms with Gasteiger partial charge >= 0.3 is 0 Å². The van der Waals surface area contributed by atoms with E-state index >= 15 is 0 Å². The van der Waals surface area contributed by atoms with Gasteiger partial charge in [0.15, 0.2) is 0 Å². The molecule has 1 fully saturated rings. The molecule has 0 aliphatic carbocycles. The molecule has 1 aliphatic heterocycles.